The molecule has 0 unspecified atom stereocenters. The number of thiophene rings is 1. The Morgan fingerprint density at radius 3 is 2.68 bits per heavy atom. The highest BCUT2D eigenvalue weighted by molar-refractivity contribution is 7.18. The van der Waals surface area contributed by atoms with Gasteiger partial charge >= 0.3 is 12.6 Å². The maximum absolute atomic E-state index is 12.6. The van der Waals surface area contributed by atoms with Crippen molar-refractivity contribution in [1.29, 1.82) is 0 Å². The number of methoxy groups -OCH3 is 1. The van der Waals surface area contributed by atoms with Gasteiger partial charge in [-0.2, -0.15) is 8.78 Å². The second-order valence-electron chi connectivity index (χ2n) is 6.45. The van der Waals surface area contributed by atoms with E-state index < -0.39 is 12.6 Å². The zero-order valence-electron chi connectivity index (χ0n) is 17.2. The molecule has 0 amide bonds. The highest BCUT2D eigenvalue weighted by Gasteiger charge is 2.20. The molecule has 1 N–H and O–H groups in total. The molecule has 7 nitrogen and oxygen atoms in total. The van der Waals surface area contributed by atoms with Crippen molar-refractivity contribution in [3.8, 4) is 11.5 Å². The first-order valence-corrected chi connectivity index (χ1v) is 10.1. The van der Waals surface area contributed by atoms with Gasteiger partial charge in [0.25, 0.3) is 5.56 Å². The number of benzene rings is 1. The standard InChI is InChI=1S/C21H20F2N2O5S/c1-5-29-20(27)13(8-12-6-7-14(30-21(22)23)15(9-12)28-4)17-24-18(26)16-10(2)11(3)31-19(16)25-17/h6-9,21H,5H2,1-4H3,(H,24,25,26). The van der Waals surface area contributed by atoms with Crippen LogP contribution in [0.3, 0.4) is 0 Å². The molecule has 0 saturated carbocycles. The fourth-order valence-corrected chi connectivity index (χ4v) is 3.98. The molecule has 10 heteroatoms. The molecule has 0 aliphatic heterocycles. The van der Waals surface area contributed by atoms with Gasteiger partial charge in [0.15, 0.2) is 11.5 Å². The first kappa shape index (κ1) is 22.4. The average molecular weight is 450 g/mol. The van der Waals surface area contributed by atoms with Crippen molar-refractivity contribution < 1.29 is 27.8 Å². The van der Waals surface area contributed by atoms with Crippen molar-refractivity contribution >= 4 is 39.2 Å². The Bertz CT molecular complexity index is 1220. The number of H-pyrrole nitrogens is 1. The van der Waals surface area contributed by atoms with E-state index in [0.29, 0.717) is 15.8 Å². The van der Waals surface area contributed by atoms with Crippen LogP contribution in [0.4, 0.5) is 8.78 Å². The smallest absolute Gasteiger partial charge is 0.387 e. The van der Waals surface area contributed by atoms with Crippen LogP contribution in [0.25, 0.3) is 21.9 Å². The summed E-state index contributed by atoms with van der Waals surface area (Å²) in [5, 5.41) is 0.477. The van der Waals surface area contributed by atoms with Gasteiger partial charge in [-0.25, -0.2) is 9.78 Å². The summed E-state index contributed by atoms with van der Waals surface area (Å²) in [6.45, 7) is 2.48. The summed E-state index contributed by atoms with van der Waals surface area (Å²) in [5.41, 5.74) is 0.911. The Morgan fingerprint density at radius 1 is 1.29 bits per heavy atom. The highest BCUT2D eigenvalue weighted by atomic mass is 32.1. The fraction of sp³-hybridized carbons (Fsp3) is 0.286. The summed E-state index contributed by atoms with van der Waals surface area (Å²) >= 11 is 1.35. The van der Waals surface area contributed by atoms with Crippen molar-refractivity contribution in [3.05, 3.63) is 50.4 Å². The Balaban J connectivity index is 2.14. The third kappa shape index (κ3) is 4.74. The molecule has 0 aliphatic carbocycles. The zero-order chi connectivity index (χ0) is 22.7. The summed E-state index contributed by atoms with van der Waals surface area (Å²) in [7, 11) is 1.31. The summed E-state index contributed by atoms with van der Waals surface area (Å²) in [5.74, 6) is -0.741. The SMILES string of the molecule is CCOC(=O)C(=Cc1ccc(OC(F)F)c(OC)c1)c1nc2sc(C)c(C)c2c(=O)[nH]1. The number of alkyl halides is 2. The monoisotopic (exact) mass is 450 g/mol. The molecule has 31 heavy (non-hydrogen) atoms. The van der Waals surface area contributed by atoms with Gasteiger partial charge < -0.3 is 19.2 Å². The topological polar surface area (TPSA) is 90.5 Å². The number of hydrogen-bond acceptors (Lipinski definition) is 7. The van der Waals surface area contributed by atoms with Crippen molar-refractivity contribution in [3.63, 3.8) is 0 Å². The number of halogens is 2. The van der Waals surface area contributed by atoms with Crippen LogP contribution >= 0.6 is 11.3 Å². The van der Waals surface area contributed by atoms with Gasteiger partial charge in [0.05, 0.1) is 19.1 Å². The fourth-order valence-electron chi connectivity index (χ4n) is 2.95. The van der Waals surface area contributed by atoms with E-state index in [1.807, 2.05) is 13.8 Å². The van der Waals surface area contributed by atoms with Gasteiger partial charge in [0, 0.05) is 4.88 Å². The van der Waals surface area contributed by atoms with Crippen LogP contribution in [0, 0.1) is 13.8 Å². The summed E-state index contributed by atoms with van der Waals surface area (Å²) in [4.78, 5) is 33.8. The maximum atomic E-state index is 12.6. The largest absolute Gasteiger partial charge is 0.493 e. The number of hydrogen-bond donors (Lipinski definition) is 1. The van der Waals surface area contributed by atoms with Crippen molar-refractivity contribution in [1.82, 2.24) is 9.97 Å². The Hall–Kier alpha value is -3.27. The number of rotatable bonds is 7. The van der Waals surface area contributed by atoms with E-state index in [4.69, 9.17) is 9.47 Å². The summed E-state index contributed by atoms with van der Waals surface area (Å²) in [6.07, 6.45) is 1.43. The number of aromatic nitrogens is 2. The van der Waals surface area contributed by atoms with Crippen LogP contribution in [0.1, 0.15) is 28.8 Å². The molecule has 0 bridgehead atoms. The molecule has 2 aromatic heterocycles. The van der Waals surface area contributed by atoms with Gasteiger partial charge in [-0.3, -0.25) is 4.79 Å². The van der Waals surface area contributed by atoms with Crippen LogP contribution in [-0.4, -0.2) is 36.3 Å². The van der Waals surface area contributed by atoms with Gasteiger partial charge in [-0.15, -0.1) is 11.3 Å². The molecule has 0 saturated heterocycles. The number of carbonyl (C=O) groups is 1. The molecular formula is C21H20F2N2O5S. The molecular weight excluding hydrogens is 430 g/mol. The molecule has 3 aromatic rings. The molecule has 0 aliphatic rings. The van der Waals surface area contributed by atoms with Gasteiger partial charge in [-0.05, 0) is 50.1 Å². The molecule has 3 rings (SSSR count). The van der Waals surface area contributed by atoms with Crippen LogP contribution in [-0.2, 0) is 9.53 Å². The van der Waals surface area contributed by atoms with Crippen molar-refractivity contribution in [2.45, 2.75) is 27.4 Å². The van der Waals surface area contributed by atoms with Crippen LogP contribution in [0.15, 0.2) is 23.0 Å². The number of esters is 1. The van der Waals surface area contributed by atoms with E-state index in [-0.39, 0.29) is 35.1 Å². The normalized spacial score (nSPS) is 11.8. The first-order valence-electron chi connectivity index (χ1n) is 9.27. The lowest BCUT2D eigenvalue weighted by molar-refractivity contribution is -0.136. The van der Waals surface area contributed by atoms with E-state index in [0.717, 1.165) is 10.4 Å². The zero-order valence-corrected chi connectivity index (χ0v) is 18.1. The Labute approximate surface area is 180 Å². The van der Waals surface area contributed by atoms with Crippen LogP contribution < -0.4 is 15.0 Å². The molecule has 0 fully saturated rings. The Kier molecular flexibility index (Phi) is 6.69. The lowest BCUT2D eigenvalue weighted by Crippen LogP contribution is -2.15. The minimum absolute atomic E-state index is 0.00846. The highest BCUT2D eigenvalue weighted by Crippen LogP contribution is 2.31. The molecule has 1 aromatic carbocycles. The summed E-state index contributed by atoms with van der Waals surface area (Å²) in [6, 6.07) is 4.19. The Morgan fingerprint density at radius 2 is 2.03 bits per heavy atom. The van der Waals surface area contributed by atoms with E-state index in [9.17, 15) is 18.4 Å². The summed E-state index contributed by atoms with van der Waals surface area (Å²) < 4.78 is 39.8. The first-order chi connectivity index (χ1) is 14.7. The number of nitrogens with one attached hydrogen (secondary N) is 1. The predicted molar refractivity (Wildman–Crippen MR) is 114 cm³/mol. The van der Waals surface area contributed by atoms with Gasteiger partial charge in [0.1, 0.15) is 16.2 Å². The van der Waals surface area contributed by atoms with E-state index >= 15 is 0 Å². The number of ether oxygens (including phenoxy) is 3. The third-order valence-electron chi connectivity index (χ3n) is 4.50. The maximum Gasteiger partial charge on any atom is 0.387 e. The quantitative estimate of drug-likeness (QED) is 0.426. The van der Waals surface area contributed by atoms with E-state index in [2.05, 4.69) is 14.7 Å². The number of aromatic amines is 1. The molecule has 0 spiro atoms. The second kappa shape index (κ2) is 9.25. The van der Waals surface area contributed by atoms with Crippen LogP contribution in [0.5, 0.6) is 11.5 Å². The minimum Gasteiger partial charge on any atom is -0.493 e. The number of fused-ring (bicyclic) bond motifs is 1. The number of aryl methyl sites for hydroxylation is 2. The van der Waals surface area contributed by atoms with Crippen molar-refractivity contribution in [2.75, 3.05) is 13.7 Å². The molecule has 2 heterocycles. The molecule has 0 radical (unpaired) electrons. The van der Waals surface area contributed by atoms with Crippen molar-refractivity contribution in [2.24, 2.45) is 0 Å². The third-order valence-corrected chi connectivity index (χ3v) is 5.61. The second-order valence-corrected chi connectivity index (χ2v) is 7.65. The minimum atomic E-state index is -3.01. The van der Waals surface area contributed by atoms with Gasteiger partial charge in [0.2, 0.25) is 0 Å². The average Bonchev–Trinajstić information content (AvgIpc) is 3.00. The van der Waals surface area contributed by atoms with E-state index in [1.54, 1.807) is 6.92 Å². The van der Waals surface area contributed by atoms with Crippen LogP contribution in [0.2, 0.25) is 0 Å². The lowest BCUT2D eigenvalue weighted by atomic mass is 10.1. The number of nitrogens with zero attached hydrogens (tertiary/aromatic N) is 1. The lowest BCUT2D eigenvalue weighted by Gasteiger charge is -2.11. The molecule has 0 atom stereocenters. The number of carbonyl (C=O) groups excluding carboxylic acids is 1. The predicted octanol–water partition coefficient (Wildman–Crippen LogP) is 4.32. The van der Waals surface area contributed by atoms with E-state index in [1.165, 1.54) is 42.7 Å². The molecule has 164 valence electrons. The van der Waals surface area contributed by atoms with Gasteiger partial charge in [-0.1, -0.05) is 6.07 Å².